The molecule has 1 saturated carbocycles. The fraction of sp³-hybridized carbons (Fsp3) is 0.500. The molecule has 148 valence electrons. The largest absolute Gasteiger partial charge is 0.492 e. The van der Waals surface area contributed by atoms with Crippen molar-refractivity contribution in [2.45, 2.75) is 31.8 Å². The number of aromatic nitrogens is 2. The molecule has 0 bridgehead atoms. The van der Waals surface area contributed by atoms with Gasteiger partial charge in [0.1, 0.15) is 11.2 Å². The van der Waals surface area contributed by atoms with Crippen molar-refractivity contribution in [3.05, 3.63) is 44.4 Å². The van der Waals surface area contributed by atoms with Gasteiger partial charge in [-0.15, -0.1) is 0 Å². The molecule has 7 nitrogen and oxygen atoms in total. The lowest BCUT2D eigenvalue weighted by Crippen LogP contribution is -2.32. The number of fused-ring (bicyclic) bond motifs is 2. The highest BCUT2D eigenvalue weighted by Gasteiger charge is 2.41. The summed E-state index contributed by atoms with van der Waals surface area (Å²) >= 11 is 0. The topological polar surface area (TPSA) is 93.3 Å². The van der Waals surface area contributed by atoms with Crippen LogP contribution in [0.25, 0.3) is 10.9 Å². The molecule has 2 aliphatic carbocycles. The zero-order chi connectivity index (χ0) is 19.7. The SMILES string of the molecule is COc1c(N2CC3C=CC(N)C3C2)c(F)c(C)c2c(=O)[nH]c(=O)n(C3CC3)c12. The van der Waals surface area contributed by atoms with E-state index in [4.69, 9.17) is 10.5 Å². The Morgan fingerprint density at radius 2 is 2.00 bits per heavy atom. The van der Waals surface area contributed by atoms with E-state index in [9.17, 15) is 9.59 Å². The number of anilines is 1. The summed E-state index contributed by atoms with van der Waals surface area (Å²) in [6, 6.07) is -0.0362. The first kappa shape index (κ1) is 17.5. The zero-order valence-electron chi connectivity index (χ0n) is 15.9. The summed E-state index contributed by atoms with van der Waals surface area (Å²) in [6.45, 7) is 2.82. The van der Waals surface area contributed by atoms with Crippen molar-refractivity contribution in [2.24, 2.45) is 17.6 Å². The molecule has 0 spiro atoms. The summed E-state index contributed by atoms with van der Waals surface area (Å²) in [7, 11) is 1.46. The van der Waals surface area contributed by atoms with Crippen molar-refractivity contribution in [2.75, 3.05) is 25.1 Å². The first-order chi connectivity index (χ1) is 13.4. The second-order valence-electron chi connectivity index (χ2n) is 8.10. The minimum atomic E-state index is -0.582. The highest BCUT2D eigenvalue weighted by atomic mass is 19.1. The van der Waals surface area contributed by atoms with E-state index in [0.717, 1.165) is 12.8 Å². The van der Waals surface area contributed by atoms with Crippen LogP contribution in [-0.4, -0.2) is 35.8 Å². The van der Waals surface area contributed by atoms with Gasteiger partial charge in [0.25, 0.3) is 5.56 Å². The number of benzene rings is 1. The molecule has 2 fully saturated rings. The minimum Gasteiger partial charge on any atom is -0.492 e. The van der Waals surface area contributed by atoms with Crippen LogP contribution in [-0.2, 0) is 0 Å². The summed E-state index contributed by atoms with van der Waals surface area (Å²) in [5.74, 6) is 0.268. The molecule has 1 aromatic heterocycles. The molecule has 3 aliphatic rings. The lowest BCUT2D eigenvalue weighted by molar-refractivity contribution is 0.412. The van der Waals surface area contributed by atoms with Gasteiger partial charge in [-0.25, -0.2) is 9.18 Å². The Labute approximate surface area is 160 Å². The van der Waals surface area contributed by atoms with E-state index in [1.54, 1.807) is 11.5 Å². The van der Waals surface area contributed by atoms with Gasteiger partial charge in [0.05, 0.1) is 12.5 Å². The van der Waals surface area contributed by atoms with Crippen molar-refractivity contribution in [1.82, 2.24) is 9.55 Å². The molecule has 2 heterocycles. The molecule has 2 aromatic rings. The highest BCUT2D eigenvalue weighted by Crippen LogP contribution is 2.46. The predicted octanol–water partition coefficient (Wildman–Crippen LogP) is 1.43. The number of nitrogens with zero attached hydrogens (tertiary/aromatic N) is 2. The molecule has 0 radical (unpaired) electrons. The minimum absolute atomic E-state index is 0.00720. The van der Waals surface area contributed by atoms with Crippen LogP contribution in [0.15, 0.2) is 21.7 Å². The van der Waals surface area contributed by atoms with Crippen molar-refractivity contribution >= 4 is 16.6 Å². The Kier molecular flexibility index (Phi) is 3.71. The molecular weight excluding hydrogens is 363 g/mol. The van der Waals surface area contributed by atoms with E-state index >= 15 is 4.39 Å². The Bertz CT molecular complexity index is 1130. The number of nitrogens with two attached hydrogens (primary N) is 1. The van der Waals surface area contributed by atoms with E-state index in [0.29, 0.717) is 24.3 Å². The number of methoxy groups -OCH3 is 1. The Morgan fingerprint density at radius 3 is 2.64 bits per heavy atom. The normalized spacial score (nSPS) is 26.3. The number of ether oxygens (including phenoxy) is 1. The third kappa shape index (κ3) is 2.30. The summed E-state index contributed by atoms with van der Waals surface area (Å²) in [6.07, 6.45) is 5.81. The molecule has 3 unspecified atom stereocenters. The Hall–Kier alpha value is -2.61. The van der Waals surface area contributed by atoms with Gasteiger partial charge in [0, 0.05) is 42.6 Å². The molecule has 1 saturated heterocycles. The van der Waals surface area contributed by atoms with E-state index in [1.165, 1.54) is 7.11 Å². The summed E-state index contributed by atoms with van der Waals surface area (Å²) < 4.78 is 22.7. The maximum Gasteiger partial charge on any atom is 0.329 e. The standard InChI is InChI=1S/C20H23FN4O3/c1-9-14-16(25(11-4-5-11)20(27)23-19(14)26)18(28-2)17(15(9)21)24-7-10-3-6-13(22)12(10)8-24/h3,6,10-13H,4-5,7-8,22H2,1-2H3,(H,23,26,27). The summed E-state index contributed by atoms with van der Waals surface area (Å²) in [4.78, 5) is 29.4. The van der Waals surface area contributed by atoms with Crippen LogP contribution in [0, 0.1) is 24.6 Å². The number of aryl methyl sites for hydroxylation is 1. The number of aromatic amines is 1. The Morgan fingerprint density at radius 1 is 1.25 bits per heavy atom. The van der Waals surface area contributed by atoms with Gasteiger partial charge < -0.3 is 15.4 Å². The van der Waals surface area contributed by atoms with Crippen molar-refractivity contribution in [1.29, 1.82) is 0 Å². The number of halogens is 1. The molecule has 1 aromatic carbocycles. The molecule has 0 amide bonds. The van der Waals surface area contributed by atoms with Crippen LogP contribution in [0.1, 0.15) is 24.4 Å². The number of nitrogens with one attached hydrogen (secondary N) is 1. The molecule has 28 heavy (non-hydrogen) atoms. The van der Waals surface area contributed by atoms with Gasteiger partial charge in [0.2, 0.25) is 0 Å². The van der Waals surface area contributed by atoms with Crippen molar-refractivity contribution < 1.29 is 9.13 Å². The quantitative estimate of drug-likeness (QED) is 0.779. The lowest BCUT2D eigenvalue weighted by Gasteiger charge is -2.26. The average Bonchev–Trinajstić information content (AvgIpc) is 3.30. The number of hydrogen-bond donors (Lipinski definition) is 2. The van der Waals surface area contributed by atoms with E-state index in [-0.39, 0.29) is 40.6 Å². The smallest absolute Gasteiger partial charge is 0.329 e. The maximum atomic E-state index is 15.5. The second kappa shape index (κ2) is 5.94. The van der Waals surface area contributed by atoms with Crippen LogP contribution in [0.4, 0.5) is 10.1 Å². The molecule has 1 aliphatic heterocycles. The van der Waals surface area contributed by atoms with Crippen LogP contribution in [0.3, 0.4) is 0 Å². The molecular formula is C20H23FN4O3. The molecule has 3 atom stereocenters. The third-order valence-corrected chi connectivity index (χ3v) is 6.41. The van der Waals surface area contributed by atoms with Crippen molar-refractivity contribution in [3.8, 4) is 5.75 Å². The monoisotopic (exact) mass is 386 g/mol. The van der Waals surface area contributed by atoms with Gasteiger partial charge in [-0.1, -0.05) is 12.2 Å². The third-order valence-electron chi connectivity index (χ3n) is 6.41. The Balaban J connectivity index is 1.80. The van der Waals surface area contributed by atoms with Gasteiger partial charge >= 0.3 is 5.69 Å². The molecule has 3 N–H and O–H groups in total. The fourth-order valence-corrected chi connectivity index (χ4v) is 4.84. The maximum absolute atomic E-state index is 15.5. The molecule has 5 rings (SSSR count). The first-order valence-corrected chi connectivity index (χ1v) is 9.65. The zero-order valence-corrected chi connectivity index (χ0v) is 15.9. The molecule has 8 heteroatoms. The number of rotatable bonds is 3. The van der Waals surface area contributed by atoms with Crippen LogP contribution < -0.4 is 26.6 Å². The van der Waals surface area contributed by atoms with Crippen LogP contribution in [0.5, 0.6) is 5.75 Å². The van der Waals surface area contributed by atoms with Crippen LogP contribution >= 0.6 is 0 Å². The van der Waals surface area contributed by atoms with Crippen molar-refractivity contribution in [3.63, 3.8) is 0 Å². The van der Waals surface area contributed by atoms with Gasteiger partial charge in [0.15, 0.2) is 11.6 Å². The van der Waals surface area contributed by atoms with E-state index in [1.807, 2.05) is 11.0 Å². The van der Waals surface area contributed by atoms with E-state index < -0.39 is 17.1 Å². The van der Waals surface area contributed by atoms with Gasteiger partial charge in [-0.2, -0.15) is 0 Å². The van der Waals surface area contributed by atoms with Gasteiger partial charge in [-0.05, 0) is 19.8 Å². The lowest BCUT2D eigenvalue weighted by atomic mass is 9.97. The fourth-order valence-electron chi connectivity index (χ4n) is 4.84. The highest BCUT2D eigenvalue weighted by molar-refractivity contribution is 5.93. The number of H-pyrrole nitrogens is 1. The average molecular weight is 386 g/mol. The van der Waals surface area contributed by atoms with E-state index in [2.05, 4.69) is 11.1 Å². The predicted molar refractivity (Wildman–Crippen MR) is 105 cm³/mol. The van der Waals surface area contributed by atoms with Crippen LogP contribution in [0.2, 0.25) is 0 Å². The number of hydrogen-bond acceptors (Lipinski definition) is 5. The van der Waals surface area contributed by atoms with Gasteiger partial charge in [-0.3, -0.25) is 14.3 Å². The summed E-state index contributed by atoms with van der Waals surface area (Å²) in [5, 5.41) is 0.181. The second-order valence-corrected chi connectivity index (χ2v) is 8.10. The summed E-state index contributed by atoms with van der Waals surface area (Å²) in [5.41, 5.74) is 6.06. The first-order valence-electron chi connectivity index (χ1n) is 9.65.